The molecule has 0 rings (SSSR count). The van der Waals surface area contributed by atoms with Crippen LogP contribution in [0, 0.1) is 0 Å². The normalized spacial score (nSPS) is 7.25. The summed E-state index contributed by atoms with van der Waals surface area (Å²) < 4.78 is 34.4. The van der Waals surface area contributed by atoms with Gasteiger partial charge in [0.2, 0.25) is 0 Å². The van der Waals surface area contributed by atoms with Crippen LogP contribution in [0.15, 0.2) is 0 Å². The summed E-state index contributed by atoms with van der Waals surface area (Å²) in [5.74, 6) is 0. The van der Waals surface area contributed by atoms with Gasteiger partial charge in [0.25, 0.3) is 0 Å². The van der Waals surface area contributed by atoms with Gasteiger partial charge in [-0.25, -0.2) is 0 Å². The van der Waals surface area contributed by atoms with Gasteiger partial charge in [-0.05, 0) is 0 Å². The van der Waals surface area contributed by atoms with Gasteiger partial charge in [-0.3, -0.25) is 0 Å². The maximum absolute atomic E-state index is 8.59. The summed E-state index contributed by atoms with van der Waals surface area (Å²) in [6.45, 7) is 0. The molecule has 5 nitrogen and oxygen atoms in total. The third-order valence-corrected chi connectivity index (χ3v) is 0. The molecule has 8 heteroatoms. The third kappa shape index (κ3) is 111. The number of hydrogen-bond donors (Lipinski definition) is 0. The van der Waals surface area contributed by atoms with E-state index in [9.17, 15) is 0 Å². The first kappa shape index (κ1) is 22.6. The summed E-state index contributed by atoms with van der Waals surface area (Å²) >= 11 is -5.75. The molecule has 0 fully saturated rings. The summed E-state index contributed by atoms with van der Waals surface area (Å²) in [5, 5.41) is 0. The van der Waals surface area contributed by atoms with Crippen molar-refractivity contribution in [1.29, 1.82) is 0 Å². The van der Waals surface area contributed by atoms with Crippen molar-refractivity contribution in [3.05, 3.63) is 0 Å². The van der Waals surface area contributed by atoms with Gasteiger partial charge in [0, 0.05) is 0 Å². The van der Waals surface area contributed by atoms with Crippen LogP contribution in [0.2, 0.25) is 0 Å². The second-order valence-electron chi connectivity index (χ2n) is 0.408. The Morgan fingerprint density at radius 1 is 1.12 bits per heavy atom. The molecule has 0 aromatic heterocycles. The average molecular weight is 201 g/mol. The Bertz CT molecular complexity index is 95.6. The molecule has 40 valence electrons. The van der Waals surface area contributed by atoms with Crippen LogP contribution in [-0.2, 0) is 21.2 Å². The van der Waals surface area contributed by atoms with Crippen LogP contribution in [-0.4, -0.2) is 60.6 Å². The fourth-order valence-electron chi connectivity index (χ4n) is 0. The molecule has 0 aromatic carbocycles. The van der Waals surface area contributed by atoms with Crippen molar-refractivity contribution in [2.45, 2.75) is 0 Å². The van der Waals surface area contributed by atoms with E-state index < -0.39 is 13.6 Å². The van der Waals surface area contributed by atoms with Gasteiger partial charge < -0.3 is 5.48 Å². The zero-order chi connectivity index (χ0) is 4.50. The summed E-state index contributed by atoms with van der Waals surface area (Å²) in [6, 6.07) is 0. The second kappa shape index (κ2) is 8.80. The molecular formula is H2AlCaCrO5+3. The van der Waals surface area contributed by atoms with Crippen LogP contribution in [0.25, 0.3) is 0 Å². The SMILES string of the molecule is O.[Al+3].[Ca+2].[O]=[Cr](=[O])([O-])[O-]. The molecular weight excluding hydrogens is 199 g/mol. The zero-order valence-corrected chi connectivity index (χ0v) is 8.46. The molecule has 0 aromatic rings. The first-order chi connectivity index (χ1) is 2.00. The van der Waals surface area contributed by atoms with Gasteiger partial charge >= 0.3 is 84.6 Å². The van der Waals surface area contributed by atoms with Crippen LogP contribution < -0.4 is 8.32 Å². The molecule has 0 heterocycles. The molecule has 0 aliphatic heterocycles. The maximum atomic E-state index is 8.59. The van der Waals surface area contributed by atoms with Crippen LogP contribution >= 0.6 is 0 Å². The van der Waals surface area contributed by atoms with Crippen LogP contribution in [0.1, 0.15) is 0 Å². The minimum atomic E-state index is -5.75. The zero-order valence-electron chi connectivity index (χ0n) is 3.83. The van der Waals surface area contributed by atoms with Gasteiger partial charge in [0.05, 0.1) is 0 Å². The van der Waals surface area contributed by atoms with E-state index in [4.69, 9.17) is 15.9 Å². The Balaban J connectivity index is -0.0000000267. The Hall–Kier alpha value is 1.80. The topological polar surface area (TPSA) is 112 Å². The predicted molar refractivity (Wildman–Crippen MR) is 16.5 cm³/mol. The average Bonchev–Trinajstić information content (AvgIpc) is 0.722. The number of rotatable bonds is 0. The number of hydrogen-bond acceptors (Lipinski definition) is 4. The molecule has 0 radical (unpaired) electrons. The van der Waals surface area contributed by atoms with Crippen molar-refractivity contribution in [3.63, 3.8) is 0 Å². The summed E-state index contributed by atoms with van der Waals surface area (Å²) in [4.78, 5) is 0. The minimum absolute atomic E-state index is 0. The van der Waals surface area contributed by atoms with E-state index in [-0.39, 0.29) is 60.6 Å². The van der Waals surface area contributed by atoms with E-state index >= 15 is 0 Å². The Morgan fingerprint density at radius 3 is 1.12 bits per heavy atom. The first-order valence-corrected chi connectivity index (χ1v) is 2.75. The van der Waals surface area contributed by atoms with Crippen molar-refractivity contribution in [3.8, 4) is 0 Å². The Labute approximate surface area is 88.9 Å². The Morgan fingerprint density at radius 2 is 1.12 bits per heavy atom. The monoisotopic (exact) mass is 201 g/mol. The summed E-state index contributed by atoms with van der Waals surface area (Å²) in [7, 11) is 0. The van der Waals surface area contributed by atoms with Crippen LogP contribution in [0.5, 0.6) is 0 Å². The van der Waals surface area contributed by atoms with E-state index in [0.29, 0.717) is 0 Å². The molecule has 0 aliphatic carbocycles. The Kier molecular flexibility index (Phi) is 24.8. The van der Waals surface area contributed by atoms with Gasteiger partial charge in [-0.1, -0.05) is 0 Å². The molecule has 0 aliphatic rings. The summed E-state index contributed by atoms with van der Waals surface area (Å²) in [6.07, 6.45) is 0. The van der Waals surface area contributed by atoms with Crippen molar-refractivity contribution < 1.29 is 35.0 Å². The molecule has 0 saturated heterocycles. The van der Waals surface area contributed by atoms with Gasteiger partial charge in [-0.15, -0.1) is 0 Å². The van der Waals surface area contributed by atoms with Gasteiger partial charge in [-0.2, -0.15) is 0 Å². The van der Waals surface area contributed by atoms with Crippen molar-refractivity contribution in [2.75, 3.05) is 0 Å². The molecule has 8 heavy (non-hydrogen) atoms. The van der Waals surface area contributed by atoms with Crippen LogP contribution in [0.3, 0.4) is 0 Å². The van der Waals surface area contributed by atoms with Crippen molar-refractivity contribution >= 4 is 55.1 Å². The fourth-order valence-corrected chi connectivity index (χ4v) is 0. The van der Waals surface area contributed by atoms with Gasteiger partial charge in [0.1, 0.15) is 0 Å². The molecule has 0 atom stereocenters. The standard InChI is InChI=1S/Al.Ca.Cr.H2O.4O/h;;;1H2;;;;/q+3;+2;;;;;2*-1. The van der Waals surface area contributed by atoms with Gasteiger partial charge in [0.15, 0.2) is 0 Å². The molecule has 0 amide bonds. The van der Waals surface area contributed by atoms with Crippen LogP contribution in [0.4, 0.5) is 0 Å². The van der Waals surface area contributed by atoms with E-state index in [0.717, 1.165) is 0 Å². The first-order valence-electron chi connectivity index (χ1n) is 0.667. The van der Waals surface area contributed by atoms with Crippen molar-refractivity contribution in [1.82, 2.24) is 0 Å². The summed E-state index contributed by atoms with van der Waals surface area (Å²) in [5.41, 5.74) is 0. The van der Waals surface area contributed by atoms with E-state index in [1.54, 1.807) is 0 Å². The fraction of sp³-hybridized carbons (Fsp3) is 0. The van der Waals surface area contributed by atoms with Crippen molar-refractivity contribution in [2.24, 2.45) is 0 Å². The predicted octanol–water partition coefficient (Wildman–Crippen LogP) is -4.20. The molecule has 0 spiro atoms. The molecule has 0 unspecified atom stereocenters. The molecule has 0 saturated carbocycles. The third-order valence-electron chi connectivity index (χ3n) is 0. The van der Waals surface area contributed by atoms with E-state index in [1.807, 2.05) is 0 Å². The second-order valence-corrected chi connectivity index (χ2v) is 1.68. The quantitative estimate of drug-likeness (QED) is 0.370. The molecule has 0 bridgehead atoms. The van der Waals surface area contributed by atoms with E-state index in [2.05, 4.69) is 0 Å². The molecule has 2 N–H and O–H groups in total. The van der Waals surface area contributed by atoms with E-state index in [1.165, 1.54) is 0 Å².